The highest BCUT2D eigenvalue weighted by atomic mass is 35.5. The SMILES string of the molecule is O=C(COC(=O)c1ccc(-n2cncn2)cc1)Nc1ccc(F)cc1Cl. The van der Waals surface area contributed by atoms with Crippen molar-refractivity contribution < 1.29 is 18.7 Å². The second-order valence-corrected chi connectivity index (χ2v) is 5.54. The highest BCUT2D eigenvalue weighted by Crippen LogP contribution is 2.22. The lowest BCUT2D eigenvalue weighted by atomic mass is 10.2. The summed E-state index contributed by atoms with van der Waals surface area (Å²) in [6, 6.07) is 9.99. The number of ether oxygens (including phenoxy) is 1. The van der Waals surface area contributed by atoms with E-state index < -0.39 is 24.3 Å². The molecule has 0 radical (unpaired) electrons. The zero-order chi connectivity index (χ0) is 18.5. The first-order valence-electron chi connectivity index (χ1n) is 7.40. The molecular weight excluding hydrogens is 363 g/mol. The summed E-state index contributed by atoms with van der Waals surface area (Å²) in [5.41, 5.74) is 1.23. The number of hydrogen-bond donors (Lipinski definition) is 1. The van der Waals surface area contributed by atoms with Gasteiger partial charge in [0, 0.05) is 0 Å². The van der Waals surface area contributed by atoms with Crippen LogP contribution in [0.5, 0.6) is 0 Å². The van der Waals surface area contributed by atoms with Gasteiger partial charge in [-0.2, -0.15) is 5.10 Å². The molecule has 0 fully saturated rings. The molecule has 132 valence electrons. The Balaban J connectivity index is 1.55. The lowest BCUT2D eigenvalue weighted by Gasteiger charge is -2.08. The van der Waals surface area contributed by atoms with Gasteiger partial charge in [0.2, 0.25) is 0 Å². The number of halogens is 2. The van der Waals surface area contributed by atoms with Gasteiger partial charge in [-0.15, -0.1) is 0 Å². The molecule has 0 saturated carbocycles. The van der Waals surface area contributed by atoms with E-state index in [9.17, 15) is 14.0 Å². The first-order chi connectivity index (χ1) is 12.5. The largest absolute Gasteiger partial charge is 0.452 e. The summed E-state index contributed by atoms with van der Waals surface area (Å²) in [5.74, 6) is -1.77. The van der Waals surface area contributed by atoms with Crippen LogP contribution in [-0.4, -0.2) is 33.2 Å². The van der Waals surface area contributed by atoms with Gasteiger partial charge in [0.15, 0.2) is 6.61 Å². The number of carbonyl (C=O) groups excluding carboxylic acids is 2. The first-order valence-corrected chi connectivity index (χ1v) is 7.78. The molecule has 0 bridgehead atoms. The number of aromatic nitrogens is 3. The van der Waals surface area contributed by atoms with Gasteiger partial charge < -0.3 is 10.1 Å². The average Bonchev–Trinajstić information content (AvgIpc) is 3.17. The molecule has 0 saturated heterocycles. The molecule has 3 aromatic rings. The van der Waals surface area contributed by atoms with Crippen LogP contribution in [-0.2, 0) is 9.53 Å². The fourth-order valence-corrected chi connectivity index (χ4v) is 2.30. The van der Waals surface area contributed by atoms with E-state index in [0.29, 0.717) is 0 Å². The molecule has 1 heterocycles. The molecule has 3 rings (SSSR count). The zero-order valence-corrected chi connectivity index (χ0v) is 14.0. The molecule has 1 amide bonds. The van der Waals surface area contributed by atoms with E-state index in [0.717, 1.165) is 17.8 Å². The molecule has 1 N–H and O–H groups in total. The standard InChI is InChI=1S/C17H12ClFN4O3/c18-14-7-12(19)3-6-15(14)22-16(24)8-26-17(25)11-1-4-13(5-2-11)23-10-20-9-21-23/h1-7,9-10H,8H2,(H,22,24). The van der Waals surface area contributed by atoms with Crippen molar-refractivity contribution in [3.63, 3.8) is 0 Å². The summed E-state index contributed by atoms with van der Waals surface area (Å²) in [5, 5.41) is 6.46. The molecule has 0 aliphatic carbocycles. The van der Waals surface area contributed by atoms with Crippen molar-refractivity contribution in [1.29, 1.82) is 0 Å². The maximum Gasteiger partial charge on any atom is 0.338 e. The second-order valence-electron chi connectivity index (χ2n) is 5.14. The highest BCUT2D eigenvalue weighted by molar-refractivity contribution is 6.33. The van der Waals surface area contributed by atoms with Crippen LogP contribution in [0.3, 0.4) is 0 Å². The van der Waals surface area contributed by atoms with Crippen molar-refractivity contribution in [2.24, 2.45) is 0 Å². The highest BCUT2D eigenvalue weighted by Gasteiger charge is 2.12. The van der Waals surface area contributed by atoms with Gasteiger partial charge in [-0.1, -0.05) is 11.6 Å². The number of rotatable bonds is 5. The average molecular weight is 375 g/mol. The normalized spacial score (nSPS) is 10.4. The van der Waals surface area contributed by atoms with Crippen molar-refractivity contribution in [1.82, 2.24) is 14.8 Å². The minimum atomic E-state index is -0.657. The van der Waals surface area contributed by atoms with Crippen molar-refractivity contribution in [3.05, 3.63) is 71.5 Å². The molecule has 2 aromatic carbocycles. The number of amides is 1. The van der Waals surface area contributed by atoms with Crippen LogP contribution in [0.1, 0.15) is 10.4 Å². The third-order valence-electron chi connectivity index (χ3n) is 3.33. The Hall–Kier alpha value is -3.26. The van der Waals surface area contributed by atoms with E-state index in [1.165, 1.54) is 23.4 Å². The smallest absolute Gasteiger partial charge is 0.338 e. The van der Waals surface area contributed by atoms with Crippen molar-refractivity contribution in [2.75, 3.05) is 11.9 Å². The molecule has 0 aliphatic rings. The monoisotopic (exact) mass is 374 g/mol. The molecule has 0 atom stereocenters. The topological polar surface area (TPSA) is 86.1 Å². The fraction of sp³-hybridized carbons (Fsp3) is 0.0588. The minimum absolute atomic E-state index is 0.0494. The van der Waals surface area contributed by atoms with E-state index in [4.69, 9.17) is 16.3 Å². The number of benzene rings is 2. The predicted molar refractivity (Wildman–Crippen MR) is 91.7 cm³/mol. The van der Waals surface area contributed by atoms with Gasteiger partial charge >= 0.3 is 5.97 Å². The van der Waals surface area contributed by atoms with Crippen molar-refractivity contribution >= 4 is 29.2 Å². The van der Waals surface area contributed by atoms with Crippen molar-refractivity contribution in [3.8, 4) is 5.69 Å². The molecule has 0 aliphatic heterocycles. The van der Waals surface area contributed by atoms with E-state index in [1.807, 2.05) is 0 Å². The van der Waals surface area contributed by atoms with Gasteiger partial charge in [-0.3, -0.25) is 4.79 Å². The van der Waals surface area contributed by atoms with Crippen LogP contribution in [0, 0.1) is 5.82 Å². The van der Waals surface area contributed by atoms with Crippen LogP contribution >= 0.6 is 11.6 Å². The Morgan fingerprint density at radius 3 is 2.62 bits per heavy atom. The second kappa shape index (κ2) is 7.75. The maximum atomic E-state index is 13.0. The third kappa shape index (κ3) is 4.22. The molecule has 7 nitrogen and oxygen atoms in total. The fourth-order valence-electron chi connectivity index (χ4n) is 2.08. The lowest BCUT2D eigenvalue weighted by molar-refractivity contribution is -0.119. The number of carbonyl (C=O) groups is 2. The van der Waals surface area contributed by atoms with Gasteiger partial charge in [-0.25, -0.2) is 18.9 Å². The van der Waals surface area contributed by atoms with Crippen LogP contribution in [0.4, 0.5) is 10.1 Å². The Morgan fingerprint density at radius 2 is 1.96 bits per heavy atom. The minimum Gasteiger partial charge on any atom is -0.452 e. The molecule has 26 heavy (non-hydrogen) atoms. The van der Waals surface area contributed by atoms with Crippen LogP contribution < -0.4 is 5.32 Å². The molecular formula is C17H12ClFN4O3. The summed E-state index contributed by atoms with van der Waals surface area (Å²) in [6.45, 7) is -0.503. The summed E-state index contributed by atoms with van der Waals surface area (Å²) >= 11 is 5.82. The maximum absolute atomic E-state index is 13.0. The number of esters is 1. The summed E-state index contributed by atoms with van der Waals surface area (Å²) < 4.78 is 19.5. The van der Waals surface area contributed by atoms with Gasteiger partial charge in [-0.05, 0) is 42.5 Å². The first kappa shape index (κ1) is 17.6. The molecule has 1 aromatic heterocycles. The summed E-state index contributed by atoms with van der Waals surface area (Å²) in [6.07, 6.45) is 2.92. The molecule has 0 spiro atoms. The van der Waals surface area contributed by atoms with Gasteiger partial charge in [0.05, 0.1) is 22.0 Å². The Labute approximate surface area is 152 Å². The third-order valence-corrected chi connectivity index (χ3v) is 3.64. The van der Waals surface area contributed by atoms with E-state index in [2.05, 4.69) is 15.4 Å². The number of anilines is 1. The number of hydrogen-bond acceptors (Lipinski definition) is 5. The van der Waals surface area contributed by atoms with Gasteiger partial charge in [0.25, 0.3) is 5.91 Å². The predicted octanol–water partition coefficient (Wildman–Crippen LogP) is 2.86. The number of nitrogens with zero attached hydrogens (tertiary/aromatic N) is 3. The number of nitrogens with one attached hydrogen (secondary N) is 1. The Morgan fingerprint density at radius 1 is 1.19 bits per heavy atom. The van der Waals surface area contributed by atoms with E-state index in [-0.39, 0.29) is 16.3 Å². The zero-order valence-electron chi connectivity index (χ0n) is 13.2. The van der Waals surface area contributed by atoms with Crippen LogP contribution in [0.15, 0.2) is 55.1 Å². The quantitative estimate of drug-likeness (QED) is 0.694. The van der Waals surface area contributed by atoms with Crippen LogP contribution in [0.2, 0.25) is 5.02 Å². The Kier molecular flexibility index (Phi) is 5.23. The summed E-state index contributed by atoms with van der Waals surface area (Å²) in [4.78, 5) is 27.7. The lowest BCUT2D eigenvalue weighted by Crippen LogP contribution is -2.21. The van der Waals surface area contributed by atoms with Crippen LogP contribution in [0.25, 0.3) is 5.69 Å². The van der Waals surface area contributed by atoms with Gasteiger partial charge in [0.1, 0.15) is 18.5 Å². The molecule has 0 unspecified atom stereocenters. The molecule has 9 heteroatoms. The van der Waals surface area contributed by atoms with E-state index >= 15 is 0 Å². The summed E-state index contributed by atoms with van der Waals surface area (Å²) in [7, 11) is 0. The van der Waals surface area contributed by atoms with Crippen molar-refractivity contribution in [2.45, 2.75) is 0 Å². The van der Waals surface area contributed by atoms with E-state index in [1.54, 1.807) is 24.3 Å². The Bertz CT molecular complexity index is 930.